The summed E-state index contributed by atoms with van der Waals surface area (Å²) in [6.45, 7) is 2.69. The molecule has 0 saturated heterocycles. The van der Waals surface area contributed by atoms with Crippen LogP contribution in [0.3, 0.4) is 0 Å². The van der Waals surface area contributed by atoms with Crippen molar-refractivity contribution in [2.24, 2.45) is 7.05 Å². The van der Waals surface area contributed by atoms with E-state index in [1.807, 2.05) is 44.4 Å². The van der Waals surface area contributed by atoms with Gasteiger partial charge in [0.25, 0.3) is 0 Å². The molecule has 2 heterocycles. The quantitative estimate of drug-likeness (QED) is 0.500. The molecular formula is C26H36N6O2. The number of benzene rings is 1. The second-order valence-electron chi connectivity index (χ2n) is 9.14. The van der Waals surface area contributed by atoms with Gasteiger partial charge in [0.1, 0.15) is 30.1 Å². The van der Waals surface area contributed by atoms with Crippen LogP contribution < -0.4 is 15.0 Å². The van der Waals surface area contributed by atoms with Crippen LogP contribution in [0.15, 0.2) is 36.5 Å². The van der Waals surface area contributed by atoms with Gasteiger partial charge in [0.2, 0.25) is 0 Å². The molecule has 182 valence electrons. The molecule has 1 unspecified atom stereocenters. The predicted octanol–water partition coefficient (Wildman–Crippen LogP) is 3.58. The van der Waals surface area contributed by atoms with Gasteiger partial charge in [-0.3, -0.25) is 0 Å². The molecular weight excluding hydrogens is 428 g/mol. The van der Waals surface area contributed by atoms with Gasteiger partial charge in [0, 0.05) is 38.3 Å². The highest BCUT2D eigenvalue weighted by molar-refractivity contribution is 5.67. The minimum atomic E-state index is -0.572. The van der Waals surface area contributed by atoms with Gasteiger partial charge in [-0.15, -0.1) is 0 Å². The Balaban J connectivity index is 1.69. The lowest BCUT2D eigenvalue weighted by atomic mass is 9.94. The lowest BCUT2D eigenvalue weighted by molar-refractivity contribution is 0.108. The van der Waals surface area contributed by atoms with E-state index in [4.69, 9.17) is 14.7 Å². The SMILES string of the molecule is CNCC(O)COc1cccc(-c2nc(-c3cnc(C)n3C)cc(N(C)C3CCCCC3)n2)c1. The summed E-state index contributed by atoms with van der Waals surface area (Å²) >= 11 is 0. The molecule has 0 aliphatic heterocycles. The van der Waals surface area contributed by atoms with E-state index < -0.39 is 6.10 Å². The third kappa shape index (κ3) is 5.56. The van der Waals surface area contributed by atoms with Crippen molar-refractivity contribution >= 4 is 5.82 Å². The number of imidazole rings is 1. The first-order valence-corrected chi connectivity index (χ1v) is 12.1. The number of hydrogen-bond acceptors (Lipinski definition) is 7. The number of aromatic nitrogens is 4. The van der Waals surface area contributed by atoms with Crippen LogP contribution in [0.4, 0.5) is 5.82 Å². The summed E-state index contributed by atoms with van der Waals surface area (Å²) in [5, 5.41) is 12.9. The fourth-order valence-electron chi connectivity index (χ4n) is 4.48. The number of aryl methyl sites for hydroxylation is 1. The zero-order chi connectivity index (χ0) is 24.1. The highest BCUT2D eigenvalue weighted by Crippen LogP contribution is 2.31. The molecule has 4 rings (SSSR count). The molecule has 1 saturated carbocycles. The summed E-state index contributed by atoms with van der Waals surface area (Å²) in [6, 6.07) is 10.3. The number of hydrogen-bond donors (Lipinski definition) is 2. The molecule has 1 atom stereocenters. The molecule has 1 aromatic carbocycles. The second kappa shape index (κ2) is 11.0. The van der Waals surface area contributed by atoms with Crippen LogP contribution in [0.1, 0.15) is 37.9 Å². The number of rotatable bonds is 9. The van der Waals surface area contributed by atoms with Crippen LogP contribution in [0, 0.1) is 6.92 Å². The van der Waals surface area contributed by atoms with E-state index in [1.54, 1.807) is 7.05 Å². The van der Waals surface area contributed by atoms with Gasteiger partial charge in [0.05, 0.1) is 17.6 Å². The number of aliphatic hydroxyl groups excluding tert-OH is 1. The Labute approximate surface area is 202 Å². The maximum absolute atomic E-state index is 9.98. The van der Waals surface area contributed by atoms with Crippen LogP contribution >= 0.6 is 0 Å². The van der Waals surface area contributed by atoms with Gasteiger partial charge in [0.15, 0.2) is 5.82 Å². The molecule has 2 aromatic heterocycles. The summed E-state index contributed by atoms with van der Waals surface area (Å²) in [5.41, 5.74) is 2.68. The average molecular weight is 465 g/mol. The van der Waals surface area contributed by atoms with Crippen LogP contribution in [-0.4, -0.2) is 64.0 Å². The fraction of sp³-hybridized carbons (Fsp3) is 0.500. The number of nitrogens with zero attached hydrogens (tertiary/aromatic N) is 5. The molecule has 34 heavy (non-hydrogen) atoms. The summed E-state index contributed by atoms with van der Waals surface area (Å²) in [7, 11) is 5.96. The molecule has 0 amide bonds. The molecule has 8 nitrogen and oxygen atoms in total. The smallest absolute Gasteiger partial charge is 0.162 e. The number of anilines is 1. The van der Waals surface area contributed by atoms with Gasteiger partial charge < -0.3 is 24.6 Å². The Morgan fingerprint density at radius 3 is 2.71 bits per heavy atom. The number of ether oxygens (including phenoxy) is 1. The zero-order valence-electron chi connectivity index (χ0n) is 20.7. The third-order valence-corrected chi connectivity index (χ3v) is 6.65. The fourth-order valence-corrected chi connectivity index (χ4v) is 4.48. The first kappa shape index (κ1) is 24.2. The van der Waals surface area contributed by atoms with Crippen LogP contribution in [0.5, 0.6) is 5.75 Å². The Morgan fingerprint density at radius 2 is 2.00 bits per heavy atom. The van der Waals surface area contributed by atoms with Crippen molar-refractivity contribution in [3.63, 3.8) is 0 Å². The second-order valence-corrected chi connectivity index (χ2v) is 9.14. The molecule has 0 bridgehead atoms. The molecule has 0 spiro atoms. The molecule has 1 aliphatic rings. The summed E-state index contributed by atoms with van der Waals surface area (Å²) in [4.78, 5) is 16.7. The van der Waals surface area contributed by atoms with Crippen molar-refractivity contribution in [1.29, 1.82) is 0 Å². The number of aliphatic hydroxyl groups is 1. The Morgan fingerprint density at radius 1 is 1.21 bits per heavy atom. The van der Waals surface area contributed by atoms with E-state index in [0.29, 0.717) is 24.2 Å². The van der Waals surface area contributed by atoms with Crippen molar-refractivity contribution in [1.82, 2.24) is 24.8 Å². The minimum Gasteiger partial charge on any atom is -0.491 e. The zero-order valence-corrected chi connectivity index (χ0v) is 20.7. The van der Waals surface area contributed by atoms with Crippen molar-refractivity contribution in [3.8, 4) is 28.5 Å². The summed E-state index contributed by atoms with van der Waals surface area (Å²) in [5.74, 6) is 3.19. The Hall–Kier alpha value is -2.97. The van der Waals surface area contributed by atoms with E-state index in [2.05, 4.69) is 32.9 Å². The topological polar surface area (TPSA) is 88.3 Å². The molecule has 0 radical (unpaired) electrons. The van der Waals surface area contributed by atoms with Gasteiger partial charge in [-0.1, -0.05) is 31.4 Å². The molecule has 3 aromatic rings. The maximum atomic E-state index is 9.98. The van der Waals surface area contributed by atoms with E-state index in [1.165, 1.54) is 32.1 Å². The predicted molar refractivity (Wildman–Crippen MR) is 135 cm³/mol. The molecule has 1 fully saturated rings. The largest absolute Gasteiger partial charge is 0.491 e. The van der Waals surface area contributed by atoms with E-state index in [0.717, 1.165) is 28.6 Å². The lowest BCUT2D eigenvalue weighted by Gasteiger charge is -2.32. The van der Waals surface area contributed by atoms with Crippen LogP contribution in [-0.2, 0) is 7.05 Å². The minimum absolute atomic E-state index is 0.217. The van der Waals surface area contributed by atoms with E-state index in [-0.39, 0.29) is 6.61 Å². The van der Waals surface area contributed by atoms with Gasteiger partial charge in [-0.2, -0.15) is 0 Å². The van der Waals surface area contributed by atoms with Crippen molar-refractivity contribution in [2.45, 2.75) is 51.2 Å². The van der Waals surface area contributed by atoms with Crippen LogP contribution in [0.2, 0.25) is 0 Å². The highest BCUT2D eigenvalue weighted by atomic mass is 16.5. The monoisotopic (exact) mass is 464 g/mol. The van der Waals surface area contributed by atoms with Crippen LogP contribution in [0.25, 0.3) is 22.8 Å². The first-order chi connectivity index (χ1) is 16.5. The van der Waals surface area contributed by atoms with Gasteiger partial charge in [-0.05, 0) is 38.9 Å². The van der Waals surface area contributed by atoms with E-state index >= 15 is 0 Å². The maximum Gasteiger partial charge on any atom is 0.162 e. The lowest BCUT2D eigenvalue weighted by Crippen LogP contribution is -2.34. The van der Waals surface area contributed by atoms with Crippen molar-refractivity contribution in [3.05, 3.63) is 42.4 Å². The summed E-state index contributed by atoms with van der Waals surface area (Å²) in [6.07, 6.45) is 7.52. The van der Waals surface area contributed by atoms with Crippen molar-refractivity contribution < 1.29 is 9.84 Å². The Bertz CT molecular complexity index is 1090. The molecule has 1 aliphatic carbocycles. The average Bonchev–Trinajstić information content (AvgIpc) is 3.21. The highest BCUT2D eigenvalue weighted by Gasteiger charge is 2.22. The molecule has 8 heteroatoms. The standard InChI is InChI=1S/C26H36N6O2/c1-18-28-16-24(31(18)3)23-14-25(32(4)20-10-6-5-7-11-20)30-26(29-23)19-9-8-12-22(13-19)34-17-21(33)15-27-2/h8-9,12-14,16,20-21,27,33H,5-7,10-11,15,17H2,1-4H3. The normalized spacial score (nSPS) is 15.3. The number of likely N-dealkylation sites (N-methyl/N-ethyl adjacent to an activating group) is 1. The van der Waals surface area contributed by atoms with Gasteiger partial charge >= 0.3 is 0 Å². The van der Waals surface area contributed by atoms with Crippen molar-refractivity contribution in [2.75, 3.05) is 32.1 Å². The third-order valence-electron chi connectivity index (χ3n) is 6.65. The Kier molecular flexibility index (Phi) is 7.80. The first-order valence-electron chi connectivity index (χ1n) is 12.1. The number of nitrogens with one attached hydrogen (secondary N) is 1. The molecule has 2 N–H and O–H groups in total. The van der Waals surface area contributed by atoms with E-state index in [9.17, 15) is 5.11 Å². The summed E-state index contributed by atoms with van der Waals surface area (Å²) < 4.78 is 7.88. The van der Waals surface area contributed by atoms with Gasteiger partial charge in [-0.25, -0.2) is 15.0 Å².